The topological polar surface area (TPSA) is 64.6 Å². The molecule has 0 N–H and O–H groups in total. The Morgan fingerprint density at radius 2 is 1.93 bits per heavy atom. The fraction of sp³-hybridized carbons (Fsp3) is 0.0870. The van der Waals surface area contributed by atoms with Gasteiger partial charge in [0, 0.05) is 12.3 Å². The fourth-order valence-corrected chi connectivity index (χ4v) is 4.11. The first kappa shape index (κ1) is 18.3. The molecular formula is C23H17N3O3S. The van der Waals surface area contributed by atoms with Gasteiger partial charge >= 0.3 is 0 Å². The molecule has 2 aromatic heterocycles. The van der Waals surface area contributed by atoms with Gasteiger partial charge in [-0.05, 0) is 48.0 Å². The van der Waals surface area contributed by atoms with Crippen LogP contribution in [0.2, 0.25) is 0 Å². The van der Waals surface area contributed by atoms with Gasteiger partial charge in [0.05, 0.1) is 22.5 Å². The van der Waals surface area contributed by atoms with Gasteiger partial charge in [-0.25, -0.2) is 4.98 Å². The van der Waals surface area contributed by atoms with Crippen LogP contribution in [0.5, 0.6) is 11.5 Å². The van der Waals surface area contributed by atoms with E-state index in [-0.39, 0.29) is 12.7 Å². The number of fused-ring (bicyclic) bond motifs is 2. The van der Waals surface area contributed by atoms with Gasteiger partial charge in [0.25, 0.3) is 5.91 Å². The molecule has 1 aliphatic heterocycles. The number of ether oxygens (including phenoxy) is 2. The van der Waals surface area contributed by atoms with Crippen LogP contribution in [0.15, 0.2) is 72.9 Å². The van der Waals surface area contributed by atoms with Crippen molar-refractivity contribution in [1.29, 1.82) is 0 Å². The molecule has 5 rings (SSSR count). The van der Waals surface area contributed by atoms with Crippen molar-refractivity contribution in [3.63, 3.8) is 0 Å². The van der Waals surface area contributed by atoms with Gasteiger partial charge in [0.15, 0.2) is 16.6 Å². The van der Waals surface area contributed by atoms with E-state index in [1.54, 1.807) is 23.2 Å². The number of carbonyl (C=O) groups is 1. The average molecular weight is 415 g/mol. The Morgan fingerprint density at radius 1 is 1.07 bits per heavy atom. The van der Waals surface area contributed by atoms with Crippen molar-refractivity contribution in [3.8, 4) is 11.5 Å². The lowest BCUT2D eigenvalue weighted by Gasteiger charge is -2.17. The molecule has 4 aromatic rings. The van der Waals surface area contributed by atoms with Crippen molar-refractivity contribution in [3.05, 3.63) is 84.2 Å². The number of hydrogen-bond donors (Lipinski definition) is 0. The average Bonchev–Trinajstić information content (AvgIpc) is 3.42. The molecule has 148 valence electrons. The Morgan fingerprint density at radius 3 is 2.80 bits per heavy atom. The lowest BCUT2D eigenvalue weighted by molar-refractivity contribution is -0.114. The van der Waals surface area contributed by atoms with Gasteiger partial charge in [0.1, 0.15) is 0 Å². The molecule has 30 heavy (non-hydrogen) atoms. The van der Waals surface area contributed by atoms with E-state index in [1.807, 2.05) is 60.7 Å². The molecule has 0 fully saturated rings. The highest BCUT2D eigenvalue weighted by atomic mass is 32.1. The van der Waals surface area contributed by atoms with Crippen LogP contribution in [0.25, 0.3) is 16.3 Å². The van der Waals surface area contributed by atoms with Gasteiger partial charge in [-0.3, -0.25) is 14.7 Å². The lowest BCUT2D eigenvalue weighted by atomic mass is 10.2. The SMILES string of the molecule is O=C(/C=C/c1ccc2c(c1)OCO2)N(Cc1ccccn1)c1nc2ccccc2s1. The first-order valence-electron chi connectivity index (χ1n) is 9.41. The second-order valence-electron chi connectivity index (χ2n) is 6.66. The minimum absolute atomic E-state index is 0.169. The normalized spacial score (nSPS) is 12.5. The first-order valence-corrected chi connectivity index (χ1v) is 10.2. The Kier molecular flexibility index (Phi) is 4.86. The maximum absolute atomic E-state index is 13.2. The Balaban J connectivity index is 1.45. The zero-order valence-electron chi connectivity index (χ0n) is 15.9. The third-order valence-corrected chi connectivity index (χ3v) is 5.70. The summed E-state index contributed by atoms with van der Waals surface area (Å²) in [6, 6.07) is 19.1. The highest BCUT2D eigenvalue weighted by molar-refractivity contribution is 7.22. The molecule has 1 aliphatic rings. The molecule has 0 bridgehead atoms. The monoisotopic (exact) mass is 415 g/mol. The number of hydrogen-bond acceptors (Lipinski definition) is 6. The molecule has 0 unspecified atom stereocenters. The number of carbonyl (C=O) groups excluding carboxylic acids is 1. The number of nitrogens with zero attached hydrogens (tertiary/aromatic N) is 3. The molecule has 0 spiro atoms. The molecule has 0 saturated carbocycles. The summed E-state index contributed by atoms with van der Waals surface area (Å²) < 4.78 is 11.8. The molecule has 0 atom stereocenters. The molecule has 6 nitrogen and oxygen atoms in total. The maximum atomic E-state index is 13.2. The minimum Gasteiger partial charge on any atom is -0.454 e. The van der Waals surface area contributed by atoms with E-state index < -0.39 is 0 Å². The second kappa shape index (κ2) is 7.96. The Bertz CT molecular complexity index is 1200. The minimum atomic E-state index is -0.169. The van der Waals surface area contributed by atoms with Crippen LogP contribution in [0.4, 0.5) is 5.13 Å². The van der Waals surface area contributed by atoms with Crippen molar-refractivity contribution < 1.29 is 14.3 Å². The summed E-state index contributed by atoms with van der Waals surface area (Å²) in [5, 5.41) is 0.641. The van der Waals surface area contributed by atoms with Crippen LogP contribution in [-0.2, 0) is 11.3 Å². The number of benzene rings is 2. The van der Waals surface area contributed by atoms with Gasteiger partial charge < -0.3 is 9.47 Å². The smallest absolute Gasteiger partial charge is 0.253 e. The van der Waals surface area contributed by atoms with E-state index in [1.165, 1.54) is 11.3 Å². The van der Waals surface area contributed by atoms with E-state index in [0.717, 1.165) is 21.5 Å². The summed E-state index contributed by atoms with van der Waals surface area (Å²) in [7, 11) is 0. The van der Waals surface area contributed by atoms with Gasteiger partial charge in [0.2, 0.25) is 6.79 Å². The molecule has 2 aromatic carbocycles. The van der Waals surface area contributed by atoms with E-state index in [2.05, 4.69) is 9.97 Å². The van der Waals surface area contributed by atoms with Crippen molar-refractivity contribution in [2.24, 2.45) is 0 Å². The molecule has 0 radical (unpaired) electrons. The summed E-state index contributed by atoms with van der Waals surface area (Å²) in [6.07, 6.45) is 5.04. The largest absolute Gasteiger partial charge is 0.454 e. The Labute approximate surface area is 177 Å². The van der Waals surface area contributed by atoms with Crippen LogP contribution in [0, 0.1) is 0 Å². The number of amides is 1. The van der Waals surface area contributed by atoms with Crippen molar-refractivity contribution in [2.45, 2.75) is 6.54 Å². The predicted molar refractivity (Wildman–Crippen MR) is 117 cm³/mol. The van der Waals surface area contributed by atoms with Crippen molar-refractivity contribution in [1.82, 2.24) is 9.97 Å². The quantitative estimate of drug-likeness (QED) is 0.443. The number of rotatable bonds is 5. The molecule has 3 heterocycles. The van der Waals surface area contributed by atoms with Crippen LogP contribution in [0.3, 0.4) is 0 Å². The zero-order chi connectivity index (χ0) is 20.3. The summed E-state index contributed by atoms with van der Waals surface area (Å²) in [4.78, 5) is 23.8. The third-order valence-electron chi connectivity index (χ3n) is 4.64. The van der Waals surface area contributed by atoms with E-state index >= 15 is 0 Å². The highest BCUT2D eigenvalue weighted by Gasteiger charge is 2.19. The predicted octanol–water partition coefficient (Wildman–Crippen LogP) is 4.67. The van der Waals surface area contributed by atoms with Crippen molar-refractivity contribution >= 4 is 38.7 Å². The van der Waals surface area contributed by atoms with Crippen molar-refractivity contribution in [2.75, 3.05) is 11.7 Å². The fourth-order valence-electron chi connectivity index (χ4n) is 3.14. The van der Waals surface area contributed by atoms with E-state index in [9.17, 15) is 4.79 Å². The van der Waals surface area contributed by atoms with Crippen LogP contribution in [-0.4, -0.2) is 22.7 Å². The summed E-state index contributed by atoms with van der Waals surface area (Å²) in [5.74, 6) is 1.23. The zero-order valence-corrected chi connectivity index (χ0v) is 16.7. The number of thiazole rings is 1. The molecular weight excluding hydrogens is 398 g/mol. The van der Waals surface area contributed by atoms with E-state index in [0.29, 0.717) is 23.2 Å². The van der Waals surface area contributed by atoms with Crippen LogP contribution in [0.1, 0.15) is 11.3 Å². The van der Waals surface area contributed by atoms with Gasteiger partial charge in [-0.15, -0.1) is 0 Å². The third kappa shape index (κ3) is 3.75. The standard InChI is InChI=1S/C23H17N3O3S/c27-22(11-9-16-8-10-19-20(13-16)29-15-28-19)26(14-17-5-3-4-12-24-17)23-25-18-6-1-2-7-21(18)30-23/h1-13H,14-15H2/b11-9+. The highest BCUT2D eigenvalue weighted by Crippen LogP contribution is 2.33. The molecule has 7 heteroatoms. The molecule has 1 amide bonds. The summed E-state index contributed by atoms with van der Waals surface area (Å²) >= 11 is 1.49. The van der Waals surface area contributed by atoms with E-state index in [4.69, 9.17) is 9.47 Å². The number of anilines is 1. The van der Waals surface area contributed by atoms with Gasteiger partial charge in [-0.1, -0.05) is 35.6 Å². The number of para-hydroxylation sites is 1. The summed E-state index contributed by atoms with van der Waals surface area (Å²) in [5.41, 5.74) is 2.52. The van der Waals surface area contributed by atoms with Crippen LogP contribution >= 0.6 is 11.3 Å². The lowest BCUT2D eigenvalue weighted by Crippen LogP contribution is -2.29. The van der Waals surface area contributed by atoms with Crippen LogP contribution < -0.4 is 14.4 Å². The first-order chi connectivity index (χ1) is 14.8. The number of aromatic nitrogens is 2. The maximum Gasteiger partial charge on any atom is 0.253 e. The molecule has 0 saturated heterocycles. The second-order valence-corrected chi connectivity index (χ2v) is 7.66. The van der Waals surface area contributed by atoms with Gasteiger partial charge in [-0.2, -0.15) is 0 Å². The summed E-state index contributed by atoms with van der Waals surface area (Å²) in [6.45, 7) is 0.557. The Hall–Kier alpha value is -3.71. The molecule has 0 aliphatic carbocycles. The number of pyridine rings is 1.